The summed E-state index contributed by atoms with van der Waals surface area (Å²) in [7, 11) is -2.33. The van der Waals surface area contributed by atoms with Crippen LogP contribution in [0, 0.1) is 23.7 Å². The standard InChI is InChI=1S/C18H36O6S/c1-7-8-16(13-25(20,21)22-6)12-23-9-10-24-18(19)17(15(4)5)11-14(2)3/h14-17H,7-13H2,1-6H3. The molecular weight excluding hydrogens is 344 g/mol. The van der Waals surface area contributed by atoms with Gasteiger partial charge >= 0.3 is 5.97 Å². The summed E-state index contributed by atoms with van der Waals surface area (Å²) in [5, 5.41) is 0. The second-order valence-corrected chi connectivity index (χ2v) is 9.05. The largest absolute Gasteiger partial charge is 0.463 e. The Morgan fingerprint density at radius 3 is 2.20 bits per heavy atom. The zero-order valence-electron chi connectivity index (χ0n) is 16.6. The monoisotopic (exact) mass is 380 g/mol. The molecule has 0 bridgehead atoms. The minimum atomic E-state index is -3.49. The maximum atomic E-state index is 12.2. The maximum absolute atomic E-state index is 12.2. The van der Waals surface area contributed by atoms with Crippen LogP contribution in [0.5, 0.6) is 0 Å². The van der Waals surface area contributed by atoms with Crippen LogP contribution in [0.4, 0.5) is 0 Å². The van der Waals surface area contributed by atoms with Gasteiger partial charge in [0.2, 0.25) is 0 Å². The zero-order valence-corrected chi connectivity index (χ0v) is 17.4. The average molecular weight is 381 g/mol. The Labute approximate surface area is 153 Å². The SMILES string of the molecule is CCCC(COCCOC(=O)C(CC(C)C)C(C)C)CS(=O)(=O)OC. The lowest BCUT2D eigenvalue weighted by Crippen LogP contribution is -2.26. The quantitative estimate of drug-likeness (QED) is 0.261. The summed E-state index contributed by atoms with van der Waals surface area (Å²) in [4.78, 5) is 12.2. The van der Waals surface area contributed by atoms with Crippen molar-refractivity contribution >= 4 is 16.1 Å². The first kappa shape index (κ1) is 24.3. The third-order valence-corrected chi connectivity index (χ3v) is 5.44. The molecule has 0 spiro atoms. The molecule has 0 amide bonds. The van der Waals surface area contributed by atoms with Crippen LogP contribution in [-0.2, 0) is 28.6 Å². The Kier molecular flexibility index (Phi) is 12.3. The molecule has 0 aromatic rings. The Bertz CT molecular complexity index is 458. The molecule has 7 heteroatoms. The van der Waals surface area contributed by atoms with E-state index in [1.165, 1.54) is 7.11 Å². The Balaban J connectivity index is 4.22. The van der Waals surface area contributed by atoms with Crippen molar-refractivity contribution in [2.45, 2.75) is 53.9 Å². The van der Waals surface area contributed by atoms with Crippen molar-refractivity contribution in [2.24, 2.45) is 23.7 Å². The van der Waals surface area contributed by atoms with Crippen LogP contribution in [0.2, 0.25) is 0 Å². The topological polar surface area (TPSA) is 78.9 Å². The van der Waals surface area contributed by atoms with Crippen LogP contribution in [0.25, 0.3) is 0 Å². The molecule has 0 fully saturated rings. The fraction of sp³-hybridized carbons (Fsp3) is 0.944. The first-order valence-electron chi connectivity index (χ1n) is 9.15. The Hall–Kier alpha value is -0.660. The van der Waals surface area contributed by atoms with Gasteiger partial charge in [-0.3, -0.25) is 8.98 Å². The van der Waals surface area contributed by atoms with Gasteiger partial charge in [0.25, 0.3) is 10.1 Å². The minimum Gasteiger partial charge on any atom is -0.463 e. The number of carbonyl (C=O) groups excluding carboxylic acids is 1. The lowest BCUT2D eigenvalue weighted by atomic mass is 9.88. The van der Waals surface area contributed by atoms with Crippen LogP contribution in [-0.4, -0.2) is 47.1 Å². The van der Waals surface area contributed by atoms with Crippen molar-refractivity contribution in [1.82, 2.24) is 0 Å². The van der Waals surface area contributed by atoms with Gasteiger partial charge < -0.3 is 9.47 Å². The van der Waals surface area contributed by atoms with Crippen LogP contribution < -0.4 is 0 Å². The molecule has 0 aromatic heterocycles. The van der Waals surface area contributed by atoms with E-state index in [0.717, 1.165) is 19.3 Å². The molecule has 0 radical (unpaired) electrons. The molecule has 0 rings (SSSR count). The van der Waals surface area contributed by atoms with Gasteiger partial charge in [-0.15, -0.1) is 0 Å². The highest BCUT2D eigenvalue weighted by Crippen LogP contribution is 2.21. The summed E-state index contributed by atoms with van der Waals surface area (Å²) in [6, 6.07) is 0. The van der Waals surface area contributed by atoms with Crippen molar-refractivity contribution < 1.29 is 26.9 Å². The molecule has 0 aliphatic carbocycles. The lowest BCUT2D eigenvalue weighted by Gasteiger charge is -2.21. The fourth-order valence-corrected chi connectivity index (χ4v) is 3.66. The van der Waals surface area contributed by atoms with E-state index in [1.54, 1.807) is 0 Å². The molecule has 6 nitrogen and oxygen atoms in total. The van der Waals surface area contributed by atoms with E-state index in [9.17, 15) is 13.2 Å². The van der Waals surface area contributed by atoms with Crippen molar-refractivity contribution in [3.8, 4) is 0 Å². The smallest absolute Gasteiger partial charge is 0.309 e. The van der Waals surface area contributed by atoms with Crippen molar-refractivity contribution in [1.29, 1.82) is 0 Å². The number of hydrogen-bond acceptors (Lipinski definition) is 6. The summed E-state index contributed by atoms with van der Waals surface area (Å²) < 4.78 is 38.4. The van der Waals surface area contributed by atoms with Crippen LogP contribution in [0.3, 0.4) is 0 Å². The third kappa shape index (κ3) is 11.5. The molecule has 0 heterocycles. The summed E-state index contributed by atoms with van der Waals surface area (Å²) in [5.74, 6) is 0.229. The van der Waals surface area contributed by atoms with Crippen molar-refractivity contribution in [2.75, 3.05) is 32.7 Å². The van der Waals surface area contributed by atoms with Gasteiger partial charge in [-0.25, -0.2) is 0 Å². The third-order valence-electron chi connectivity index (χ3n) is 4.05. The van der Waals surface area contributed by atoms with E-state index in [0.29, 0.717) is 12.5 Å². The van der Waals surface area contributed by atoms with E-state index in [2.05, 4.69) is 18.0 Å². The first-order chi connectivity index (χ1) is 11.6. The number of esters is 1. The Morgan fingerprint density at radius 2 is 1.72 bits per heavy atom. The second kappa shape index (κ2) is 12.7. The highest BCUT2D eigenvalue weighted by molar-refractivity contribution is 7.86. The Morgan fingerprint density at radius 1 is 1.08 bits per heavy atom. The van der Waals surface area contributed by atoms with E-state index in [1.807, 2.05) is 20.8 Å². The van der Waals surface area contributed by atoms with Gasteiger partial charge in [0.05, 0.1) is 32.0 Å². The molecule has 0 N–H and O–H groups in total. The van der Waals surface area contributed by atoms with Crippen LogP contribution in [0.15, 0.2) is 0 Å². The normalized spacial score (nSPS) is 14.7. The number of carbonyl (C=O) groups is 1. The molecule has 0 aliphatic heterocycles. The fourth-order valence-electron chi connectivity index (χ4n) is 2.69. The van der Waals surface area contributed by atoms with E-state index >= 15 is 0 Å². The number of ether oxygens (including phenoxy) is 2. The zero-order chi connectivity index (χ0) is 19.5. The van der Waals surface area contributed by atoms with Crippen LogP contribution >= 0.6 is 0 Å². The predicted molar refractivity (Wildman–Crippen MR) is 98.8 cm³/mol. The van der Waals surface area contributed by atoms with E-state index < -0.39 is 10.1 Å². The van der Waals surface area contributed by atoms with E-state index in [4.69, 9.17) is 9.47 Å². The molecule has 2 atom stereocenters. The highest BCUT2D eigenvalue weighted by Gasteiger charge is 2.24. The summed E-state index contributed by atoms with van der Waals surface area (Å²) in [6.45, 7) is 11.0. The summed E-state index contributed by atoms with van der Waals surface area (Å²) in [5.41, 5.74) is 0. The van der Waals surface area contributed by atoms with Gasteiger partial charge in [-0.05, 0) is 30.6 Å². The van der Waals surface area contributed by atoms with Gasteiger partial charge in [-0.2, -0.15) is 8.42 Å². The average Bonchev–Trinajstić information content (AvgIpc) is 2.51. The minimum absolute atomic E-state index is 0.0546. The van der Waals surface area contributed by atoms with Crippen molar-refractivity contribution in [3.63, 3.8) is 0 Å². The number of rotatable bonds is 14. The lowest BCUT2D eigenvalue weighted by molar-refractivity contribution is -0.152. The van der Waals surface area contributed by atoms with Crippen molar-refractivity contribution in [3.05, 3.63) is 0 Å². The molecule has 2 unspecified atom stereocenters. The van der Waals surface area contributed by atoms with Gasteiger partial charge in [0.15, 0.2) is 0 Å². The maximum Gasteiger partial charge on any atom is 0.309 e. The molecule has 150 valence electrons. The first-order valence-corrected chi connectivity index (χ1v) is 10.7. The number of hydrogen-bond donors (Lipinski definition) is 0. The molecular formula is C18H36O6S. The summed E-state index contributed by atoms with van der Waals surface area (Å²) in [6.07, 6.45) is 2.42. The second-order valence-electron chi connectivity index (χ2n) is 7.27. The predicted octanol–water partition coefficient (Wildman–Crippen LogP) is 3.26. The molecule has 0 aliphatic rings. The van der Waals surface area contributed by atoms with Gasteiger partial charge in [0.1, 0.15) is 6.61 Å². The summed E-state index contributed by atoms with van der Waals surface area (Å²) >= 11 is 0. The highest BCUT2D eigenvalue weighted by atomic mass is 32.2. The van der Waals surface area contributed by atoms with Crippen LogP contribution in [0.1, 0.15) is 53.9 Å². The molecule has 0 saturated carbocycles. The molecule has 0 aromatic carbocycles. The molecule has 25 heavy (non-hydrogen) atoms. The van der Waals surface area contributed by atoms with E-state index in [-0.39, 0.29) is 42.7 Å². The van der Waals surface area contributed by atoms with Gasteiger partial charge in [0, 0.05) is 0 Å². The van der Waals surface area contributed by atoms with Gasteiger partial charge in [-0.1, -0.05) is 41.0 Å². The molecule has 0 saturated heterocycles.